The van der Waals surface area contributed by atoms with Crippen molar-refractivity contribution in [3.8, 4) is 11.6 Å². The first-order valence-corrected chi connectivity index (χ1v) is 5.51. The van der Waals surface area contributed by atoms with Crippen molar-refractivity contribution in [1.82, 2.24) is 20.0 Å². The zero-order chi connectivity index (χ0) is 13.3. The second-order valence-electron chi connectivity index (χ2n) is 4.99. The molecule has 0 atom stereocenters. The third kappa shape index (κ3) is 2.55. The molecule has 0 aliphatic rings. The molecule has 96 valence electrons. The highest BCUT2D eigenvalue weighted by Crippen LogP contribution is 2.20. The molecule has 0 spiro atoms. The van der Waals surface area contributed by atoms with Gasteiger partial charge in [-0.05, 0) is 6.07 Å². The summed E-state index contributed by atoms with van der Waals surface area (Å²) < 4.78 is 6.95. The minimum absolute atomic E-state index is 0.0792. The molecular weight excluding hydrogens is 234 g/mol. The number of aromatic nitrogens is 4. The first-order chi connectivity index (χ1) is 8.36. The van der Waals surface area contributed by atoms with Crippen LogP contribution in [0, 0.1) is 5.41 Å². The number of hydrogen-bond acceptors (Lipinski definition) is 5. The van der Waals surface area contributed by atoms with E-state index in [0.29, 0.717) is 5.69 Å². The number of nitrogens with zero attached hydrogens (tertiary/aromatic N) is 4. The molecule has 0 radical (unpaired) electrons. The van der Waals surface area contributed by atoms with Crippen molar-refractivity contribution in [3.63, 3.8) is 0 Å². The fourth-order valence-electron chi connectivity index (χ4n) is 1.19. The Kier molecular flexibility index (Phi) is 2.90. The smallest absolute Gasteiger partial charge is 0.322 e. The molecule has 2 rings (SSSR count). The van der Waals surface area contributed by atoms with Crippen LogP contribution >= 0.6 is 0 Å². The molecule has 1 N–H and O–H groups in total. The summed E-state index contributed by atoms with van der Waals surface area (Å²) in [6.45, 7) is 5.41. The van der Waals surface area contributed by atoms with E-state index in [2.05, 4.69) is 20.6 Å². The van der Waals surface area contributed by atoms with Crippen molar-refractivity contribution in [2.75, 3.05) is 5.32 Å². The number of hydrogen-bond donors (Lipinski definition) is 1. The van der Waals surface area contributed by atoms with Gasteiger partial charge in [-0.1, -0.05) is 25.9 Å². The van der Waals surface area contributed by atoms with Crippen molar-refractivity contribution in [2.45, 2.75) is 20.8 Å². The zero-order valence-electron chi connectivity index (χ0n) is 10.8. The summed E-state index contributed by atoms with van der Waals surface area (Å²) in [5.41, 5.74) is 0.0564. The van der Waals surface area contributed by atoms with E-state index in [1.54, 1.807) is 44.8 Å². The topological polar surface area (TPSA) is 85.8 Å². The Bertz CT molecular complexity index is 564. The van der Waals surface area contributed by atoms with Gasteiger partial charge in [0.25, 0.3) is 5.89 Å². The molecule has 7 nitrogen and oxygen atoms in total. The van der Waals surface area contributed by atoms with Gasteiger partial charge < -0.3 is 4.42 Å². The van der Waals surface area contributed by atoms with Crippen LogP contribution < -0.4 is 5.32 Å². The van der Waals surface area contributed by atoms with Crippen LogP contribution in [-0.2, 0) is 11.8 Å². The molecular formula is C11H15N5O2. The molecule has 0 unspecified atom stereocenters. The molecule has 18 heavy (non-hydrogen) atoms. The van der Waals surface area contributed by atoms with Gasteiger partial charge in [-0.3, -0.25) is 14.8 Å². The fourth-order valence-corrected chi connectivity index (χ4v) is 1.19. The highest BCUT2D eigenvalue weighted by molar-refractivity contribution is 5.92. The molecule has 2 aromatic rings. The lowest BCUT2D eigenvalue weighted by atomic mass is 9.96. The van der Waals surface area contributed by atoms with E-state index in [1.807, 2.05) is 0 Å². The van der Waals surface area contributed by atoms with E-state index in [1.165, 1.54) is 0 Å². The summed E-state index contributed by atoms with van der Waals surface area (Å²) >= 11 is 0. The standard InChI is InChI=1S/C11H15N5O2/c1-11(2,3)9(17)12-10-14-13-8(18-10)7-5-6-16(4)15-7/h5-6H,1-4H3,(H,12,14,17). The minimum atomic E-state index is -0.514. The molecule has 0 aliphatic heterocycles. The van der Waals surface area contributed by atoms with Crippen LogP contribution in [-0.4, -0.2) is 25.9 Å². The van der Waals surface area contributed by atoms with Gasteiger partial charge in [-0.25, -0.2) is 0 Å². The van der Waals surface area contributed by atoms with Crippen LogP contribution in [0.2, 0.25) is 0 Å². The first kappa shape index (κ1) is 12.3. The van der Waals surface area contributed by atoms with Gasteiger partial charge >= 0.3 is 6.01 Å². The van der Waals surface area contributed by atoms with Crippen LogP contribution in [0.1, 0.15) is 20.8 Å². The normalized spacial score (nSPS) is 11.6. The third-order valence-electron chi connectivity index (χ3n) is 2.26. The van der Waals surface area contributed by atoms with Gasteiger partial charge in [0.05, 0.1) is 0 Å². The fraction of sp³-hybridized carbons (Fsp3) is 0.455. The lowest BCUT2D eigenvalue weighted by Gasteiger charge is -2.15. The van der Waals surface area contributed by atoms with E-state index in [9.17, 15) is 4.79 Å². The Balaban J connectivity index is 2.14. The van der Waals surface area contributed by atoms with Gasteiger partial charge in [0.2, 0.25) is 5.91 Å². The minimum Gasteiger partial charge on any atom is -0.401 e. The number of carbonyl (C=O) groups excluding carboxylic acids is 1. The summed E-state index contributed by atoms with van der Waals surface area (Å²) in [6.07, 6.45) is 1.77. The zero-order valence-corrected chi connectivity index (χ0v) is 10.8. The van der Waals surface area contributed by atoms with Crippen LogP contribution in [0.15, 0.2) is 16.7 Å². The van der Waals surface area contributed by atoms with Gasteiger partial charge in [-0.15, -0.1) is 5.10 Å². The van der Waals surface area contributed by atoms with E-state index < -0.39 is 5.41 Å². The molecule has 2 aromatic heterocycles. The van der Waals surface area contributed by atoms with Gasteiger partial charge in [0.15, 0.2) is 0 Å². The Morgan fingerprint density at radius 2 is 2.11 bits per heavy atom. The predicted molar refractivity (Wildman–Crippen MR) is 64.6 cm³/mol. The van der Waals surface area contributed by atoms with Crippen molar-refractivity contribution in [1.29, 1.82) is 0 Å². The highest BCUT2D eigenvalue weighted by Gasteiger charge is 2.23. The van der Waals surface area contributed by atoms with Crippen LogP contribution in [0.25, 0.3) is 11.6 Å². The molecule has 0 saturated carbocycles. The van der Waals surface area contributed by atoms with Gasteiger partial charge in [0.1, 0.15) is 5.69 Å². The molecule has 0 fully saturated rings. The Labute approximate surface area is 104 Å². The average molecular weight is 249 g/mol. The van der Waals surface area contributed by atoms with Gasteiger partial charge in [-0.2, -0.15) is 5.10 Å². The molecule has 1 amide bonds. The van der Waals surface area contributed by atoms with E-state index in [0.717, 1.165) is 0 Å². The number of amides is 1. The number of nitrogens with one attached hydrogen (secondary N) is 1. The Morgan fingerprint density at radius 1 is 1.39 bits per heavy atom. The van der Waals surface area contributed by atoms with Crippen molar-refractivity contribution < 1.29 is 9.21 Å². The summed E-state index contributed by atoms with van der Waals surface area (Å²) in [7, 11) is 1.79. The quantitative estimate of drug-likeness (QED) is 0.870. The maximum absolute atomic E-state index is 11.7. The van der Waals surface area contributed by atoms with E-state index >= 15 is 0 Å². The lowest BCUT2D eigenvalue weighted by molar-refractivity contribution is -0.123. The summed E-state index contributed by atoms with van der Waals surface area (Å²) in [4.78, 5) is 11.7. The van der Waals surface area contributed by atoms with Crippen LogP contribution in [0.4, 0.5) is 6.01 Å². The lowest BCUT2D eigenvalue weighted by Crippen LogP contribution is -2.27. The average Bonchev–Trinajstić information content (AvgIpc) is 2.85. The number of rotatable bonds is 2. The predicted octanol–water partition coefficient (Wildman–Crippen LogP) is 1.45. The van der Waals surface area contributed by atoms with Crippen molar-refractivity contribution in [3.05, 3.63) is 12.3 Å². The maximum atomic E-state index is 11.7. The monoisotopic (exact) mass is 249 g/mol. The largest absolute Gasteiger partial charge is 0.401 e. The molecule has 0 aromatic carbocycles. The van der Waals surface area contributed by atoms with Crippen LogP contribution in [0.3, 0.4) is 0 Å². The molecule has 0 bridgehead atoms. The second kappa shape index (κ2) is 4.25. The van der Waals surface area contributed by atoms with Gasteiger partial charge in [0, 0.05) is 18.7 Å². The SMILES string of the molecule is Cn1ccc(-c2nnc(NC(=O)C(C)(C)C)o2)n1. The second-order valence-corrected chi connectivity index (χ2v) is 4.99. The van der Waals surface area contributed by atoms with Crippen molar-refractivity contribution in [2.24, 2.45) is 12.5 Å². The van der Waals surface area contributed by atoms with E-state index in [4.69, 9.17) is 4.42 Å². The Hall–Kier alpha value is -2.18. The highest BCUT2D eigenvalue weighted by atomic mass is 16.4. The van der Waals surface area contributed by atoms with E-state index in [-0.39, 0.29) is 17.8 Å². The molecule has 0 saturated heterocycles. The summed E-state index contributed by atoms with van der Waals surface area (Å²) in [5, 5.41) is 14.3. The summed E-state index contributed by atoms with van der Waals surface area (Å²) in [6, 6.07) is 1.83. The third-order valence-corrected chi connectivity index (χ3v) is 2.26. The molecule has 0 aliphatic carbocycles. The molecule has 2 heterocycles. The Morgan fingerprint density at radius 3 is 2.67 bits per heavy atom. The summed E-state index contributed by atoms with van der Waals surface area (Å²) in [5.74, 6) is 0.0959. The first-order valence-electron chi connectivity index (χ1n) is 5.51. The number of carbonyl (C=O) groups is 1. The number of anilines is 1. The molecule has 7 heteroatoms. The maximum Gasteiger partial charge on any atom is 0.322 e. The van der Waals surface area contributed by atoms with Crippen molar-refractivity contribution >= 4 is 11.9 Å². The van der Waals surface area contributed by atoms with Crippen LogP contribution in [0.5, 0.6) is 0 Å². The number of aryl methyl sites for hydroxylation is 1.